The van der Waals surface area contributed by atoms with Crippen LogP contribution in [0, 0.1) is 0 Å². The maximum Gasteiger partial charge on any atom is 0.339 e. The number of amides is 1. The van der Waals surface area contributed by atoms with Gasteiger partial charge in [0.15, 0.2) is 6.10 Å². The number of rotatable bonds is 6. The molecule has 1 aliphatic carbocycles. The quantitative estimate of drug-likeness (QED) is 0.445. The van der Waals surface area contributed by atoms with Crippen LogP contribution in [0.4, 0.5) is 0 Å². The smallest absolute Gasteiger partial charge is 0.339 e. The van der Waals surface area contributed by atoms with E-state index in [1.807, 2.05) is 5.38 Å². The van der Waals surface area contributed by atoms with Gasteiger partial charge in [0, 0.05) is 11.6 Å². The van der Waals surface area contributed by atoms with E-state index in [-0.39, 0.29) is 28.9 Å². The van der Waals surface area contributed by atoms with Crippen molar-refractivity contribution >= 4 is 29.0 Å². The highest BCUT2D eigenvalue weighted by molar-refractivity contribution is 7.12. The Morgan fingerprint density at radius 1 is 1.00 bits per heavy atom. The number of esters is 1. The van der Waals surface area contributed by atoms with Gasteiger partial charge in [-0.3, -0.25) is 9.59 Å². The third-order valence-corrected chi connectivity index (χ3v) is 5.86. The van der Waals surface area contributed by atoms with E-state index in [1.54, 1.807) is 43.3 Å². The summed E-state index contributed by atoms with van der Waals surface area (Å²) in [5, 5.41) is 4.81. The maximum absolute atomic E-state index is 12.7. The van der Waals surface area contributed by atoms with Gasteiger partial charge in [-0.15, -0.1) is 11.3 Å². The minimum absolute atomic E-state index is 0.142. The summed E-state index contributed by atoms with van der Waals surface area (Å²) < 4.78 is 5.38. The lowest BCUT2D eigenvalue weighted by atomic mass is 10.0. The van der Waals surface area contributed by atoms with Crippen LogP contribution in [0.1, 0.15) is 71.0 Å². The van der Waals surface area contributed by atoms with E-state index in [2.05, 4.69) is 5.32 Å². The fourth-order valence-electron chi connectivity index (χ4n) is 3.42. The molecule has 1 N–H and O–H groups in total. The van der Waals surface area contributed by atoms with Gasteiger partial charge in [-0.1, -0.05) is 49.9 Å². The van der Waals surface area contributed by atoms with Crippen LogP contribution in [-0.2, 0) is 9.53 Å². The first-order valence-electron chi connectivity index (χ1n) is 9.75. The van der Waals surface area contributed by atoms with Crippen LogP contribution in [0.5, 0.6) is 0 Å². The molecule has 0 spiro atoms. The molecule has 0 radical (unpaired) electrons. The van der Waals surface area contributed by atoms with Gasteiger partial charge in [-0.05, 0) is 37.3 Å². The maximum atomic E-state index is 12.7. The lowest BCUT2D eigenvalue weighted by molar-refractivity contribution is -0.129. The molecule has 1 aromatic heterocycles. The van der Waals surface area contributed by atoms with Gasteiger partial charge in [0.1, 0.15) is 0 Å². The highest BCUT2D eigenvalue weighted by Gasteiger charge is 2.25. The van der Waals surface area contributed by atoms with E-state index >= 15 is 0 Å². The summed E-state index contributed by atoms with van der Waals surface area (Å²) in [5.41, 5.74) is 0.460. The minimum atomic E-state index is -0.916. The van der Waals surface area contributed by atoms with E-state index in [0.717, 1.165) is 25.7 Å². The van der Waals surface area contributed by atoms with Crippen molar-refractivity contribution < 1.29 is 19.1 Å². The number of benzene rings is 1. The van der Waals surface area contributed by atoms with E-state index in [9.17, 15) is 14.4 Å². The lowest BCUT2D eigenvalue weighted by Crippen LogP contribution is -2.42. The van der Waals surface area contributed by atoms with Crippen LogP contribution in [0.2, 0.25) is 0 Å². The molecule has 3 rings (SSSR count). The average molecular weight is 400 g/mol. The molecular formula is C22H25NO4S. The fourth-order valence-corrected chi connectivity index (χ4v) is 4.10. The normalized spacial score (nSPS) is 16.0. The molecule has 0 bridgehead atoms. The Hall–Kier alpha value is -2.47. The van der Waals surface area contributed by atoms with E-state index in [4.69, 9.17) is 4.74 Å². The first kappa shape index (κ1) is 20.3. The van der Waals surface area contributed by atoms with Gasteiger partial charge >= 0.3 is 5.97 Å². The van der Waals surface area contributed by atoms with Crippen LogP contribution in [-0.4, -0.2) is 29.8 Å². The lowest BCUT2D eigenvalue weighted by Gasteiger charge is -2.20. The summed E-state index contributed by atoms with van der Waals surface area (Å²) in [7, 11) is 0. The first-order chi connectivity index (χ1) is 13.6. The van der Waals surface area contributed by atoms with Crippen LogP contribution in [0.15, 0.2) is 41.8 Å². The van der Waals surface area contributed by atoms with E-state index in [1.165, 1.54) is 24.2 Å². The minimum Gasteiger partial charge on any atom is -0.449 e. The van der Waals surface area contributed by atoms with Gasteiger partial charge in [0.2, 0.25) is 5.78 Å². The van der Waals surface area contributed by atoms with Gasteiger partial charge in [0.05, 0.1) is 10.4 Å². The molecule has 1 saturated carbocycles. The molecule has 1 amide bonds. The summed E-state index contributed by atoms with van der Waals surface area (Å²) in [6.45, 7) is 1.56. The van der Waals surface area contributed by atoms with E-state index in [0.29, 0.717) is 4.88 Å². The second-order valence-electron chi connectivity index (χ2n) is 7.10. The Labute approximate surface area is 169 Å². The molecule has 1 atom stereocenters. The molecule has 28 heavy (non-hydrogen) atoms. The summed E-state index contributed by atoms with van der Waals surface area (Å²) in [4.78, 5) is 38.3. The SMILES string of the molecule is C[C@@H](OC(=O)c1ccccc1C(=O)c1cccs1)C(=O)NC1CCCCCC1. The second kappa shape index (κ2) is 9.64. The molecule has 2 aromatic rings. The van der Waals surface area contributed by atoms with Gasteiger partial charge in [-0.2, -0.15) is 0 Å². The summed E-state index contributed by atoms with van der Waals surface area (Å²) in [6, 6.07) is 10.2. The van der Waals surface area contributed by atoms with Crippen molar-refractivity contribution in [1.29, 1.82) is 0 Å². The molecule has 148 valence electrons. The monoisotopic (exact) mass is 399 g/mol. The molecule has 1 aromatic carbocycles. The predicted octanol–water partition coefficient (Wildman–Crippen LogP) is 4.36. The van der Waals surface area contributed by atoms with Crippen molar-refractivity contribution in [1.82, 2.24) is 5.32 Å². The Balaban J connectivity index is 1.65. The molecule has 6 heteroatoms. The number of hydrogen-bond acceptors (Lipinski definition) is 5. The number of nitrogens with one attached hydrogen (secondary N) is 1. The van der Waals surface area contributed by atoms with Crippen LogP contribution >= 0.6 is 11.3 Å². The van der Waals surface area contributed by atoms with E-state index < -0.39 is 12.1 Å². The Morgan fingerprint density at radius 2 is 1.68 bits per heavy atom. The number of carbonyl (C=O) groups excluding carboxylic acids is 3. The molecule has 0 saturated heterocycles. The number of ether oxygens (including phenoxy) is 1. The Bertz CT molecular complexity index is 823. The molecule has 5 nitrogen and oxygen atoms in total. The van der Waals surface area contributed by atoms with Crippen molar-refractivity contribution in [2.75, 3.05) is 0 Å². The van der Waals surface area contributed by atoms with Crippen molar-refractivity contribution in [2.24, 2.45) is 0 Å². The molecule has 1 heterocycles. The molecular weight excluding hydrogens is 374 g/mol. The number of ketones is 1. The summed E-state index contributed by atoms with van der Waals surface area (Å²) in [5.74, 6) is -1.18. The number of carbonyl (C=O) groups is 3. The molecule has 0 aliphatic heterocycles. The highest BCUT2D eigenvalue weighted by atomic mass is 32.1. The van der Waals surface area contributed by atoms with Crippen molar-refractivity contribution in [2.45, 2.75) is 57.6 Å². The zero-order valence-corrected chi connectivity index (χ0v) is 16.8. The van der Waals surface area contributed by atoms with Gasteiger partial charge in [0.25, 0.3) is 5.91 Å². The Morgan fingerprint density at radius 3 is 2.32 bits per heavy atom. The predicted molar refractivity (Wildman–Crippen MR) is 109 cm³/mol. The zero-order chi connectivity index (χ0) is 19.9. The molecule has 1 aliphatic rings. The summed E-state index contributed by atoms with van der Waals surface area (Å²) >= 11 is 1.32. The third-order valence-electron chi connectivity index (χ3n) is 4.99. The second-order valence-corrected chi connectivity index (χ2v) is 8.04. The zero-order valence-electron chi connectivity index (χ0n) is 16.0. The molecule has 1 fully saturated rings. The standard InChI is InChI=1S/C22H25NO4S/c1-15(21(25)23-16-9-4-2-3-5-10-16)27-22(26)18-12-7-6-11-17(18)20(24)19-13-8-14-28-19/h6-8,11-16H,2-5,9-10H2,1H3,(H,23,25)/t15-/m1/s1. The largest absolute Gasteiger partial charge is 0.449 e. The third kappa shape index (κ3) is 5.07. The average Bonchev–Trinajstić information content (AvgIpc) is 3.12. The topological polar surface area (TPSA) is 72.5 Å². The summed E-state index contributed by atoms with van der Waals surface area (Å²) in [6.07, 6.45) is 5.63. The van der Waals surface area contributed by atoms with Crippen LogP contribution in [0.25, 0.3) is 0 Å². The van der Waals surface area contributed by atoms with Crippen LogP contribution < -0.4 is 5.32 Å². The highest BCUT2D eigenvalue weighted by Crippen LogP contribution is 2.20. The van der Waals surface area contributed by atoms with Crippen molar-refractivity contribution in [3.63, 3.8) is 0 Å². The Kier molecular flexibility index (Phi) is 6.98. The number of hydrogen-bond donors (Lipinski definition) is 1. The fraction of sp³-hybridized carbons (Fsp3) is 0.409. The van der Waals surface area contributed by atoms with Gasteiger partial charge < -0.3 is 10.1 Å². The first-order valence-corrected chi connectivity index (χ1v) is 10.6. The van der Waals surface area contributed by atoms with Gasteiger partial charge in [-0.25, -0.2) is 4.79 Å². The number of thiophene rings is 1. The van der Waals surface area contributed by atoms with Crippen molar-refractivity contribution in [3.8, 4) is 0 Å². The van der Waals surface area contributed by atoms with Crippen molar-refractivity contribution in [3.05, 3.63) is 57.8 Å². The van der Waals surface area contributed by atoms with Crippen LogP contribution in [0.3, 0.4) is 0 Å². The molecule has 0 unspecified atom stereocenters.